The van der Waals surface area contributed by atoms with Gasteiger partial charge < -0.3 is 9.30 Å². The number of carbonyl (C=O) groups is 1. The zero-order chi connectivity index (χ0) is 17.3. The van der Waals surface area contributed by atoms with E-state index in [-0.39, 0.29) is 12.4 Å². The van der Waals surface area contributed by atoms with Crippen molar-refractivity contribution in [3.63, 3.8) is 0 Å². The van der Waals surface area contributed by atoms with E-state index in [4.69, 9.17) is 4.74 Å². The Balaban J connectivity index is 2.06. The molecule has 0 saturated carbocycles. The predicted molar refractivity (Wildman–Crippen MR) is 88.8 cm³/mol. The molecule has 3 rings (SSSR count). The summed E-state index contributed by atoms with van der Waals surface area (Å²) in [5, 5.41) is 11.1. The summed E-state index contributed by atoms with van der Waals surface area (Å²) in [7, 11) is 0. The van der Waals surface area contributed by atoms with Crippen molar-refractivity contribution in [3.05, 3.63) is 58.7 Å². The normalized spacial score (nSPS) is 13.1. The molecule has 2 aromatic rings. The number of esters is 1. The SMILES string of the molecule is CCOC(=O)c1cc2c(n1Cc1ccc(F)c(C)c1)C=CCN2O. The molecule has 6 heteroatoms. The van der Waals surface area contributed by atoms with Crippen molar-refractivity contribution >= 4 is 17.7 Å². The van der Waals surface area contributed by atoms with E-state index in [9.17, 15) is 14.4 Å². The summed E-state index contributed by atoms with van der Waals surface area (Å²) in [6.07, 6.45) is 3.67. The second-order valence-electron chi connectivity index (χ2n) is 5.67. The van der Waals surface area contributed by atoms with Crippen molar-refractivity contribution in [3.8, 4) is 0 Å². The first-order valence-electron chi connectivity index (χ1n) is 7.80. The Labute approximate surface area is 139 Å². The van der Waals surface area contributed by atoms with Crippen molar-refractivity contribution in [2.45, 2.75) is 20.4 Å². The Hall–Kier alpha value is -2.60. The molecule has 0 aliphatic carbocycles. The minimum absolute atomic E-state index is 0.264. The molecule has 1 N–H and O–H groups in total. The zero-order valence-corrected chi connectivity index (χ0v) is 13.6. The van der Waals surface area contributed by atoms with Gasteiger partial charge in [-0.1, -0.05) is 18.2 Å². The van der Waals surface area contributed by atoms with Crippen LogP contribution in [0.3, 0.4) is 0 Å². The lowest BCUT2D eigenvalue weighted by atomic mass is 10.1. The van der Waals surface area contributed by atoms with Crippen molar-refractivity contribution < 1.29 is 19.1 Å². The number of aromatic nitrogens is 1. The number of hydrogen-bond acceptors (Lipinski definition) is 4. The number of halogens is 1. The molecule has 1 aromatic heterocycles. The molecule has 0 bridgehead atoms. The van der Waals surface area contributed by atoms with Crippen molar-refractivity contribution in [1.29, 1.82) is 0 Å². The fourth-order valence-electron chi connectivity index (χ4n) is 2.83. The number of nitrogens with zero attached hydrogens (tertiary/aromatic N) is 2. The third kappa shape index (κ3) is 2.92. The Morgan fingerprint density at radius 3 is 2.88 bits per heavy atom. The van der Waals surface area contributed by atoms with E-state index >= 15 is 0 Å². The number of hydrogen-bond donors (Lipinski definition) is 1. The number of ether oxygens (including phenoxy) is 1. The summed E-state index contributed by atoms with van der Waals surface area (Å²) in [5.74, 6) is -0.715. The lowest BCUT2D eigenvalue weighted by Crippen LogP contribution is -2.21. The van der Waals surface area contributed by atoms with Crippen LogP contribution in [0.2, 0.25) is 0 Å². The number of benzene rings is 1. The van der Waals surface area contributed by atoms with E-state index in [0.29, 0.717) is 35.7 Å². The molecule has 0 spiro atoms. The maximum absolute atomic E-state index is 13.5. The molecule has 0 amide bonds. The van der Waals surface area contributed by atoms with Crippen LogP contribution in [0.4, 0.5) is 10.1 Å². The highest BCUT2D eigenvalue weighted by molar-refractivity contribution is 5.91. The van der Waals surface area contributed by atoms with Crippen molar-refractivity contribution in [2.75, 3.05) is 18.2 Å². The molecule has 0 unspecified atom stereocenters. The highest BCUT2D eigenvalue weighted by Crippen LogP contribution is 2.30. The Morgan fingerprint density at radius 1 is 1.38 bits per heavy atom. The predicted octanol–water partition coefficient (Wildman–Crippen LogP) is 3.38. The van der Waals surface area contributed by atoms with Crippen molar-refractivity contribution in [2.24, 2.45) is 0 Å². The summed E-state index contributed by atoms with van der Waals surface area (Å²) in [4.78, 5) is 12.3. The molecule has 1 aliphatic heterocycles. The van der Waals surface area contributed by atoms with Crippen LogP contribution in [0.5, 0.6) is 0 Å². The molecule has 0 atom stereocenters. The third-order valence-corrected chi connectivity index (χ3v) is 4.00. The van der Waals surface area contributed by atoms with Crippen LogP contribution >= 0.6 is 0 Å². The first-order chi connectivity index (χ1) is 11.5. The van der Waals surface area contributed by atoms with E-state index in [1.165, 1.54) is 6.07 Å². The van der Waals surface area contributed by atoms with E-state index in [0.717, 1.165) is 10.6 Å². The quantitative estimate of drug-likeness (QED) is 0.873. The zero-order valence-electron chi connectivity index (χ0n) is 13.6. The molecule has 24 heavy (non-hydrogen) atoms. The highest BCUT2D eigenvalue weighted by Gasteiger charge is 2.24. The first kappa shape index (κ1) is 16.3. The summed E-state index contributed by atoms with van der Waals surface area (Å²) >= 11 is 0. The summed E-state index contributed by atoms with van der Waals surface area (Å²) in [6.45, 7) is 4.44. The van der Waals surface area contributed by atoms with Crippen LogP contribution in [0.25, 0.3) is 6.08 Å². The number of aryl methyl sites for hydroxylation is 1. The van der Waals surface area contributed by atoms with E-state index in [2.05, 4.69) is 0 Å². The second-order valence-corrected chi connectivity index (χ2v) is 5.67. The van der Waals surface area contributed by atoms with Crippen LogP contribution in [-0.4, -0.2) is 28.9 Å². The molecule has 2 heterocycles. The van der Waals surface area contributed by atoms with Crippen LogP contribution in [0, 0.1) is 12.7 Å². The van der Waals surface area contributed by atoms with Gasteiger partial charge in [0.25, 0.3) is 0 Å². The van der Waals surface area contributed by atoms with Crippen LogP contribution in [0.1, 0.15) is 34.2 Å². The number of rotatable bonds is 4. The van der Waals surface area contributed by atoms with E-state index in [1.54, 1.807) is 36.6 Å². The van der Waals surface area contributed by atoms with Gasteiger partial charge in [0.15, 0.2) is 0 Å². The fraction of sp³-hybridized carbons (Fsp3) is 0.278. The number of fused-ring (bicyclic) bond motifs is 1. The van der Waals surface area contributed by atoms with Crippen LogP contribution in [-0.2, 0) is 11.3 Å². The molecule has 0 saturated heterocycles. The molecule has 0 fully saturated rings. The molecular formula is C18H19FN2O3. The Morgan fingerprint density at radius 2 is 2.17 bits per heavy atom. The fourth-order valence-corrected chi connectivity index (χ4v) is 2.83. The van der Waals surface area contributed by atoms with Crippen molar-refractivity contribution in [1.82, 2.24) is 4.57 Å². The summed E-state index contributed by atoms with van der Waals surface area (Å²) in [5.41, 5.74) is 3.04. The molecule has 1 aliphatic rings. The smallest absolute Gasteiger partial charge is 0.355 e. The van der Waals surface area contributed by atoms with Gasteiger partial charge in [-0.15, -0.1) is 0 Å². The standard InChI is InChI=1S/C18H19FN2O3/c1-3-24-18(22)17-10-16-15(5-4-8-21(16)23)20(17)11-13-6-7-14(19)12(2)9-13/h4-7,9-10,23H,3,8,11H2,1-2H3. The molecule has 0 radical (unpaired) electrons. The lowest BCUT2D eigenvalue weighted by molar-refractivity contribution is 0.0514. The largest absolute Gasteiger partial charge is 0.461 e. The van der Waals surface area contributed by atoms with Crippen LogP contribution < -0.4 is 5.06 Å². The van der Waals surface area contributed by atoms with E-state index in [1.807, 2.05) is 12.2 Å². The van der Waals surface area contributed by atoms with Gasteiger partial charge in [-0.25, -0.2) is 9.18 Å². The topological polar surface area (TPSA) is 54.7 Å². The van der Waals surface area contributed by atoms with Gasteiger partial charge in [-0.2, -0.15) is 0 Å². The van der Waals surface area contributed by atoms with Crippen LogP contribution in [0.15, 0.2) is 30.3 Å². The monoisotopic (exact) mass is 330 g/mol. The van der Waals surface area contributed by atoms with Gasteiger partial charge in [-0.05, 0) is 43.2 Å². The number of hydroxylamine groups is 1. The maximum atomic E-state index is 13.5. The number of anilines is 1. The van der Waals surface area contributed by atoms with Gasteiger partial charge in [0.2, 0.25) is 0 Å². The average Bonchev–Trinajstić information content (AvgIpc) is 2.91. The van der Waals surface area contributed by atoms with Gasteiger partial charge in [-0.3, -0.25) is 10.3 Å². The summed E-state index contributed by atoms with van der Waals surface area (Å²) in [6, 6.07) is 6.47. The molecule has 5 nitrogen and oxygen atoms in total. The average molecular weight is 330 g/mol. The Bertz CT molecular complexity index is 811. The second kappa shape index (κ2) is 6.49. The third-order valence-electron chi connectivity index (χ3n) is 4.00. The molecular weight excluding hydrogens is 311 g/mol. The minimum atomic E-state index is -0.451. The first-order valence-corrected chi connectivity index (χ1v) is 7.80. The Kier molecular flexibility index (Phi) is 4.40. The van der Waals surface area contributed by atoms with Gasteiger partial charge in [0, 0.05) is 6.54 Å². The van der Waals surface area contributed by atoms with Gasteiger partial charge in [0.1, 0.15) is 11.5 Å². The van der Waals surface area contributed by atoms with Gasteiger partial charge in [0.05, 0.1) is 24.5 Å². The lowest BCUT2D eigenvalue weighted by Gasteiger charge is -2.19. The van der Waals surface area contributed by atoms with Gasteiger partial charge >= 0.3 is 5.97 Å². The summed E-state index contributed by atoms with van der Waals surface area (Å²) < 4.78 is 20.4. The minimum Gasteiger partial charge on any atom is -0.461 e. The molecule has 1 aromatic carbocycles. The maximum Gasteiger partial charge on any atom is 0.355 e. The molecule has 126 valence electrons. The highest BCUT2D eigenvalue weighted by atomic mass is 19.1. The number of carbonyl (C=O) groups excluding carboxylic acids is 1. The van der Waals surface area contributed by atoms with E-state index < -0.39 is 5.97 Å².